The summed E-state index contributed by atoms with van der Waals surface area (Å²) in [4.78, 5) is 12.0. The lowest BCUT2D eigenvalue weighted by molar-refractivity contribution is -0.536. The number of hydrogen-bond acceptors (Lipinski definition) is 3. The molecule has 2 aromatic carbocycles. The molecule has 0 aliphatic carbocycles. The Hall–Kier alpha value is -2.82. The lowest BCUT2D eigenvalue weighted by Gasteiger charge is -2.07. The van der Waals surface area contributed by atoms with Gasteiger partial charge in [0.05, 0.1) is 19.6 Å². The first-order valence-electron chi connectivity index (χ1n) is 7.34. The van der Waals surface area contributed by atoms with Crippen molar-refractivity contribution in [3.8, 4) is 0 Å². The molecular weight excluding hydrogens is 276 g/mol. The smallest absolute Gasteiger partial charge is 0.273 e. The second-order valence-electron chi connectivity index (χ2n) is 5.13. The van der Waals surface area contributed by atoms with Crippen LogP contribution in [0, 0.1) is 0 Å². The molecule has 0 aromatic heterocycles. The number of benzene rings is 2. The maximum Gasteiger partial charge on any atom is 0.368 e. The molecule has 22 heavy (non-hydrogen) atoms. The van der Waals surface area contributed by atoms with Crippen molar-refractivity contribution in [2.45, 2.75) is 6.54 Å². The van der Waals surface area contributed by atoms with Crippen LogP contribution in [0.15, 0.2) is 60.7 Å². The van der Waals surface area contributed by atoms with E-state index < -0.39 is 0 Å². The van der Waals surface area contributed by atoms with Gasteiger partial charge in [-0.05, 0) is 17.7 Å². The Morgan fingerprint density at radius 3 is 2.45 bits per heavy atom. The van der Waals surface area contributed by atoms with E-state index in [1.807, 2.05) is 36.4 Å². The molecule has 112 valence electrons. The molecule has 0 saturated carbocycles. The average Bonchev–Trinajstić information content (AvgIpc) is 3.01. The maximum absolute atomic E-state index is 12.0. The largest absolute Gasteiger partial charge is 0.368 e. The third kappa shape index (κ3) is 3.44. The summed E-state index contributed by atoms with van der Waals surface area (Å²) >= 11 is 0. The van der Waals surface area contributed by atoms with Crippen LogP contribution in [0.3, 0.4) is 0 Å². The SMILES string of the molecule is O=C(NNC1=[N+](Cc2ccccc2)CCN1)c1ccccc1. The van der Waals surface area contributed by atoms with E-state index in [-0.39, 0.29) is 5.91 Å². The lowest BCUT2D eigenvalue weighted by Crippen LogP contribution is -2.48. The Morgan fingerprint density at radius 2 is 1.73 bits per heavy atom. The van der Waals surface area contributed by atoms with Gasteiger partial charge in [-0.1, -0.05) is 48.5 Å². The molecule has 3 rings (SSSR count). The van der Waals surface area contributed by atoms with Crippen LogP contribution in [0.5, 0.6) is 0 Å². The quantitative estimate of drug-likeness (QED) is 0.587. The summed E-state index contributed by atoms with van der Waals surface area (Å²) in [6, 6.07) is 19.4. The van der Waals surface area contributed by atoms with Gasteiger partial charge in [0, 0.05) is 5.56 Å². The summed E-state index contributed by atoms with van der Waals surface area (Å²) in [6.45, 7) is 2.56. The van der Waals surface area contributed by atoms with Crippen molar-refractivity contribution in [1.82, 2.24) is 16.2 Å². The molecule has 0 unspecified atom stereocenters. The van der Waals surface area contributed by atoms with E-state index in [0.717, 1.165) is 25.6 Å². The van der Waals surface area contributed by atoms with Crippen molar-refractivity contribution >= 4 is 11.9 Å². The van der Waals surface area contributed by atoms with E-state index in [9.17, 15) is 4.79 Å². The van der Waals surface area contributed by atoms with Crippen LogP contribution >= 0.6 is 0 Å². The van der Waals surface area contributed by atoms with Gasteiger partial charge in [0.1, 0.15) is 0 Å². The normalized spacial score (nSPS) is 13.6. The molecule has 2 aromatic rings. The molecule has 0 saturated heterocycles. The second-order valence-corrected chi connectivity index (χ2v) is 5.13. The number of hydrogen-bond donors (Lipinski definition) is 3. The van der Waals surface area contributed by atoms with Crippen molar-refractivity contribution in [3.63, 3.8) is 0 Å². The van der Waals surface area contributed by atoms with Crippen LogP contribution in [-0.2, 0) is 6.54 Å². The molecule has 0 atom stereocenters. The van der Waals surface area contributed by atoms with Crippen LogP contribution in [0.4, 0.5) is 0 Å². The molecule has 5 nitrogen and oxygen atoms in total. The number of guanidine groups is 1. The van der Waals surface area contributed by atoms with E-state index in [1.54, 1.807) is 12.1 Å². The monoisotopic (exact) mass is 295 g/mol. The van der Waals surface area contributed by atoms with E-state index in [2.05, 4.69) is 32.9 Å². The molecule has 3 N–H and O–H groups in total. The number of nitrogens with one attached hydrogen (secondary N) is 3. The summed E-state index contributed by atoms with van der Waals surface area (Å²) in [6.07, 6.45) is 0. The third-order valence-electron chi connectivity index (χ3n) is 3.54. The van der Waals surface area contributed by atoms with Crippen molar-refractivity contribution in [1.29, 1.82) is 0 Å². The van der Waals surface area contributed by atoms with Gasteiger partial charge in [-0.25, -0.2) is 5.43 Å². The minimum atomic E-state index is -0.151. The highest BCUT2D eigenvalue weighted by Gasteiger charge is 2.21. The van der Waals surface area contributed by atoms with Crippen molar-refractivity contribution in [2.24, 2.45) is 0 Å². The summed E-state index contributed by atoms with van der Waals surface area (Å²) < 4.78 is 2.17. The van der Waals surface area contributed by atoms with Crippen LogP contribution in [0.1, 0.15) is 15.9 Å². The van der Waals surface area contributed by atoms with E-state index in [1.165, 1.54) is 5.56 Å². The van der Waals surface area contributed by atoms with Crippen LogP contribution in [-0.4, -0.2) is 29.5 Å². The Bertz CT molecular complexity index is 668. The fraction of sp³-hybridized carbons (Fsp3) is 0.176. The predicted molar refractivity (Wildman–Crippen MR) is 85.3 cm³/mol. The molecule has 1 aliphatic rings. The minimum absolute atomic E-state index is 0.151. The zero-order chi connectivity index (χ0) is 15.2. The van der Waals surface area contributed by atoms with Gasteiger partial charge in [-0.2, -0.15) is 5.43 Å². The van der Waals surface area contributed by atoms with Crippen LogP contribution in [0.2, 0.25) is 0 Å². The van der Waals surface area contributed by atoms with Gasteiger partial charge in [0.15, 0.2) is 0 Å². The van der Waals surface area contributed by atoms with Gasteiger partial charge < -0.3 is 0 Å². The lowest BCUT2D eigenvalue weighted by atomic mass is 10.2. The van der Waals surface area contributed by atoms with E-state index >= 15 is 0 Å². The zero-order valence-electron chi connectivity index (χ0n) is 12.3. The standard InChI is InChI=1S/C17H18N4O/c22-16(15-9-5-2-6-10-15)19-20-17-18-11-12-21(17)13-14-7-3-1-4-8-14/h1-10H,11-13H2,(H2,18,19,20,22)/p+1. The first kappa shape index (κ1) is 14.1. The number of carbonyl (C=O) groups excluding carboxylic acids is 1. The van der Waals surface area contributed by atoms with Crippen LogP contribution in [0.25, 0.3) is 0 Å². The summed E-state index contributed by atoms with van der Waals surface area (Å²) in [7, 11) is 0. The molecular formula is C17H19N4O+. The number of carbonyl (C=O) groups is 1. The summed E-state index contributed by atoms with van der Waals surface area (Å²) in [5, 5.41) is 3.25. The molecule has 0 radical (unpaired) electrons. The number of hydrazine groups is 1. The number of amides is 1. The van der Waals surface area contributed by atoms with Crippen molar-refractivity contribution in [2.75, 3.05) is 13.1 Å². The fourth-order valence-corrected chi connectivity index (χ4v) is 2.40. The molecule has 1 amide bonds. The first-order valence-corrected chi connectivity index (χ1v) is 7.34. The Morgan fingerprint density at radius 1 is 1.05 bits per heavy atom. The number of nitrogens with zero attached hydrogens (tertiary/aromatic N) is 1. The molecule has 1 heterocycles. The van der Waals surface area contributed by atoms with E-state index in [0.29, 0.717) is 5.56 Å². The highest BCUT2D eigenvalue weighted by Crippen LogP contribution is 2.02. The first-order chi connectivity index (χ1) is 10.8. The van der Waals surface area contributed by atoms with Gasteiger partial charge >= 0.3 is 5.96 Å². The Kier molecular flexibility index (Phi) is 4.34. The fourth-order valence-electron chi connectivity index (χ4n) is 2.40. The highest BCUT2D eigenvalue weighted by atomic mass is 16.2. The van der Waals surface area contributed by atoms with Crippen molar-refractivity contribution < 1.29 is 9.37 Å². The molecule has 0 spiro atoms. The summed E-state index contributed by atoms with van der Waals surface area (Å²) in [5.41, 5.74) is 7.57. The molecule has 5 heteroatoms. The predicted octanol–water partition coefficient (Wildman–Crippen LogP) is 1.09. The molecule has 0 bridgehead atoms. The maximum atomic E-state index is 12.0. The third-order valence-corrected chi connectivity index (χ3v) is 3.54. The minimum Gasteiger partial charge on any atom is -0.273 e. The number of rotatable bonds is 3. The van der Waals surface area contributed by atoms with Gasteiger partial charge in [0.2, 0.25) is 0 Å². The molecule has 1 aliphatic heterocycles. The average molecular weight is 295 g/mol. The van der Waals surface area contributed by atoms with Crippen molar-refractivity contribution in [3.05, 3.63) is 71.8 Å². The van der Waals surface area contributed by atoms with E-state index in [4.69, 9.17) is 0 Å². The summed E-state index contributed by atoms with van der Waals surface area (Å²) in [5.74, 6) is 0.676. The van der Waals surface area contributed by atoms with Crippen LogP contribution < -0.4 is 16.2 Å². The highest BCUT2D eigenvalue weighted by molar-refractivity contribution is 5.95. The zero-order valence-corrected chi connectivity index (χ0v) is 12.3. The van der Waals surface area contributed by atoms with Gasteiger partial charge in [0.25, 0.3) is 5.91 Å². The molecule has 0 fully saturated rings. The van der Waals surface area contributed by atoms with Gasteiger partial charge in [-0.3, -0.25) is 14.7 Å². The van der Waals surface area contributed by atoms with Gasteiger partial charge in [-0.15, -0.1) is 0 Å². The Labute approximate surface area is 129 Å². The second kappa shape index (κ2) is 6.76. The topological polar surface area (TPSA) is 56.2 Å². The Balaban J connectivity index is 1.63.